The number of carbonyl (C=O) groups excluding carboxylic acids is 1. The lowest BCUT2D eigenvalue weighted by molar-refractivity contribution is 0.0934. The molecular formula is C25H26N4O3. The van der Waals surface area contributed by atoms with Gasteiger partial charge in [-0.05, 0) is 60.0 Å². The molecule has 164 valence electrons. The van der Waals surface area contributed by atoms with Crippen molar-refractivity contribution in [1.82, 2.24) is 15.5 Å². The first-order chi connectivity index (χ1) is 15.5. The number of fused-ring (bicyclic) bond motifs is 1. The molecule has 3 aromatic carbocycles. The van der Waals surface area contributed by atoms with Crippen LogP contribution < -0.4 is 20.5 Å². The van der Waals surface area contributed by atoms with Gasteiger partial charge in [-0.2, -0.15) is 5.10 Å². The van der Waals surface area contributed by atoms with Crippen molar-refractivity contribution in [2.75, 3.05) is 20.8 Å². The number of nitrogens with zero attached hydrogens (tertiary/aromatic N) is 1. The SMILES string of the molecule is COc1cccc(C(CN)NC(=O)c2cc(-c3ccc4[nH]nc(C)c4c3)ccc2OC)c1. The van der Waals surface area contributed by atoms with Crippen LogP contribution in [0.2, 0.25) is 0 Å². The van der Waals surface area contributed by atoms with Crippen molar-refractivity contribution < 1.29 is 14.3 Å². The van der Waals surface area contributed by atoms with Gasteiger partial charge in [-0.25, -0.2) is 0 Å². The molecule has 0 aliphatic carbocycles. The van der Waals surface area contributed by atoms with Crippen molar-refractivity contribution in [1.29, 1.82) is 0 Å². The Balaban J connectivity index is 1.66. The van der Waals surface area contributed by atoms with Crippen LogP contribution in [0.4, 0.5) is 0 Å². The number of amides is 1. The Bertz CT molecular complexity index is 1270. The average molecular weight is 431 g/mol. The van der Waals surface area contributed by atoms with Gasteiger partial charge in [0, 0.05) is 11.9 Å². The number of rotatable bonds is 7. The topological polar surface area (TPSA) is 102 Å². The van der Waals surface area contributed by atoms with Crippen LogP contribution in [0, 0.1) is 6.92 Å². The third kappa shape index (κ3) is 4.15. The number of nitrogens with two attached hydrogens (primary N) is 1. The average Bonchev–Trinajstić information content (AvgIpc) is 3.21. The number of methoxy groups -OCH3 is 2. The highest BCUT2D eigenvalue weighted by Crippen LogP contribution is 2.30. The quantitative estimate of drug-likeness (QED) is 0.412. The maximum Gasteiger partial charge on any atom is 0.255 e. The summed E-state index contributed by atoms with van der Waals surface area (Å²) in [4.78, 5) is 13.2. The highest BCUT2D eigenvalue weighted by Gasteiger charge is 2.19. The van der Waals surface area contributed by atoms with Crippen LogP contribution >= 0.6 is 0 Å². The van der Waals surface area contributed by atoms with E-state index in [0.29, 0.717) is 17.1 Å². The molecule has 0 bridgehead atoms. The molecule has 0 radical (unpaired) electrons. The number of aromatic amines is 1. The summed E-state index contributed by atoms with van der Waals surface area (Å²) in [6.45, 7) is 2.21. The summed E-state index contributed by atoms with van der Waals surface area (Å²) < 4.78 is 10.8. The summed E-state index contributed by atoms with van der Waals surface area (Å²) in [5, 5.41) is 11.3. The van der Waals surface area contributed by atoms with Gasteiger partial charge in [-0.3, -0.25) is 9.89 Å². The molecule has 0 spiro atoms. The minimum Gasteiger partial charge on any atom is -0.497 e. The minimum atomic E-state index is -0.365. The Hall–Kier alpha value is -3.84. The van der Waals surface area contributed by atoms with Crippen molar-refractivity contribution in [3.8, 4) is 22.6 Å². The van der Waals surface area contributed by atoms with Gasteiger partial charge >= 0.3 is 0 Å². The van der Waals surface area contributed by atoms with Gasteiger partial charge in [0.15, 0.2) is 0 Å². The molecule has 0 aliphatic heterocycles. The molecule has 0 fully saturated rings. The maximum atomic E-state index is 13.2. The molecule has 0 aliphatic rings. The molecule has 1 atom stereocenters. The van der Waals surface area contributed by atoms with Crippen LogP contribution in [0.15, 0.2) is 60.7 Å². The largest absolute Gasteiger partial charge is 0.497 e. The van der Waals surface area contributed by atoms with Crippen molar-refractivity contribution >= 4 is 16.8 Å². The van der Waals surface area contributed by atoms with E-state index in [1.165, 1.54) is 0 Å². The minimum absolute atomic E-state index is 0.247. The molecular weight excluding hydrogens is 404 g/mol. The molecule has 1 heterocycles. The zero-order valence-corrected chi connectivity index (χ0v) is 18.3. The predicted molar refractivity (Wildman–Crippen MR) is 125 cm³/mol. The molecule has 0 saturated carbocycles. The van der Waals surface area contributed by atoms with E-state index in [0.717, 1.165) is 33.3 Å². The van der Waals surface area contributed by atoms with Crippen LogP contribution in [0.1, 0.15) is 27.7 Å². The molecule has 1 amide bonds. The second-order valence-corrected chi connectivity index (χ2v) is 7.52. The number of aromatic nitrogens is 2. The van der Waals surface area contributed by atoms with E-state index in [9.17, 15) is 4.79 Å². The number of hydrogen-bond acceptors (Lipinski definition) is 5. The smallest absolute Gasteiger partial charge is 0.255 e. The predicted octanol–water partition coefficient (Wildman–Crippen LogP) is 3.99. The first kappa shape index (κ1) is 21.4. The van der Waals surface area contributed by atoms with E-state index in [2.05, 4.69) is 21.6 Å². The monoisotopic (exact) mass is 430 g/mol. The number of H-pyrrole nitrogens is 1. The molecule has 1 unspecified atom stereocenters. The fourth-order valence-electron chi connectivity index (χ4n) is 3.76. The van der Waals surface area contributed by atoms with Crippen LogP contribution in [0.3, 0.4) is 0 Å². The highest BCUT2D eigenvalue weighted by molar-refractivity contribution is 5.99. The summed E-state index contributed by atoms with van der Waals surface area (Å²) >= 11 is 0. The number of carbonyl (C=O) groups is 1. The Morgan fingerprint density at radius 2 is 1.84 bits per heavy atom. The first-order valence-electron chi connectivity index (χ1n) is 10.3. The number of hydrogen-bond donors (Lipinski definition) is 3. The van der Waals surface area contributed by atoms with Crippen molar-refractivity contribution in [2.45, 2.75) is 13.0 Å². The Kier molecular flexibility index (Phi) is 6.09. The van der Waals surface area contributed by atoms with Gasteiger partial charge in [-0.1, -0.05) is 24.3 Å². The van der Waals surface area contributed by atoms with E-state index in [4.69, 9.17) is 15.2 Å². The summed E-state index contributed by atoms with van der Waals surface area (Å²) in [7, 11) is 3.16. The van der Waals surface area contributed by atoms with Gasteiger partial charge in [0.05, 0.1) is 37.0 Å². The third-order valence-electron chi connectivity index (χ3n) is 5.57. The van der Waals surface area contributed by atoms with E-state index in [1.807, 2.05) is 55.5 Å². The van der Waals surface area contributed by atoms with Crippen molar-refractivity contribution in [3.05, 3.63) is 77.5 Å². The standard InChI is InChI=1S/C25H26N4O3/c1-15-20-12-16(7-9-22(20)29-28-15)17-8-10-24(32-3)21(13-17)25(30)27-23(14-26)18-5-4-6-19(11-18)31-2/h4-13,23H,14,26H2,1-3H3,(H,27,30)(H,28,29). The lowest BCUT2D eigenvalue weighted by Gasteiger charge is -2.19. The summed E-state index contributed by atoms with van der Waals surface area (Å²) in [6.07, 6.45) is 0. The van der Waals surface area contributed by atoms with Crippen molar-refractivity contribution in [3.63, 3.8) is 0 Å². The van der Waals surface area contributed by atoms with Crippen molar-refractivity contribution in [2.24, 2.45) is 5.73 Å². The molecule has 4 N–H and O–H groups in total. The highest BCUT2D eigenvalue weighted by atomic mass is 16.5. The normalized spacial score (nSPS) is 11.9. The van der Waals surface area contributed by atoms with Gasteiger partial charge in [0.2, 0.25) is 0 Å². The van der Waals surface area contributed by atoms with Crippen LogP contribution in [0.25, 0.3) is 22.0 Å². The number of ether oxygens (including phenoxy) is 2. The molecule has 7 heteroatoms. The molecule has 1 aromatic heterocycles. The Morgan fingerprint density at radius 1 is 1.06 bits per heavy atom. The van der Waals surface area contributed by atoms with Crippen LogP contribution in [-0.4, -0.2) is 36.9 Å². The van der Waals surface area contributed by atoms with E-state index in [-0.39, 0.29) is 18.5 Å². The van der Waals surface area contributed by atoms with E-state index < -0.39 is 0 Å². The third-order valence-corrected chi connectivity index (χ3v) is 5.57. The van der Waals surface area contributed by atoms with Gasteiger partial charge < -0.3 is 20.5 Å². The van der Waals surface area contributed by atoms with E-state index in [1.54, 1.807) is 20.3 Å². The number of nitrogens with one attached hydrogen (secondary N) is 2. The zero-order valence-electron chi connectivity index (χ0n) is 18.3. The Morgan fingerprint density at radius 3 is 2.59 bits per heavy atom. The zero-order chi connectivity index (χ0) is 22.7. The summed E-state index contributed by atoms with van der Waals surface area (Å²) in [6, 6.07) is 18.8. The fourth-order valence-corrected chi connectivity index (χ4v) is 3.76. The van der Waals surface area contributed by atoms with Crippen LogP contribution in [-0.2, 0) is 0 Å². The molecule has 7 nitrogen and oxygen atoms in total. The maximum absolute atomic E-state index is 13.2. The van der Waals surface area contributed by atoms with E-state index >= 15 is 0 Å². The summed E-state index contributed by atoms with van der Waals surface area (Å²) in [5.41, 5.74) is 11.1. The molecule has 4 aromatic rings. The molecule has 32 heavy (non-hydrogen) atoms. The van der Waals surface area contributed by atoms with Gasteiger partial charge in [-0.15, -0.1) is 0 Å². The van der Waals surface area contributed by atoms with Crippen LogP contribution in [0.5, 0.6) is 11.5 Å². The lowest BCUT2D eigenvalue weighted by atomic mass is 9.99. The lowest BCUT2D eigenvalue weighted by Crippen LogP contribution is -2.33. The molecule has 0 saturated heterocycles. The number of benzene rings is 3. The van der Waals surface area contributed by atoms with Gasteiger partial charge in [0.1, 0.15) is 11.5 Å². The second-order valence-electron chi connectivity index (χ2n) is 7.52. The summed E-state index contributed by atoms with van der Waals surface area (Å²) in [5.74, 6) is 0.940. The Labute approximate surface area is 186 Å². The van der Waals surface area contributed by atoms with Gasteiger partial charge in [0.25, 0.3) is 5.91 Å². The molecule has 4 rings (SSSR count). The number of aryl methyl sites for hydroxylation is 1. The fraction of sp³-hybridized carbons (Fsp3) is 0.200. The first-order valence-corrected chi connectivity index (χ1v) is 10.3. The second kappa shape index (κ2) is 9.11.